The van der Waals surface area contributed by atoms with Crippen molar-refractivity contribution >= 4 is 78.0 Å². The highest BCUT2D eigenvalue weighted by Crippen LogP contribution is 2.40. The Morgan fingerprint density at radius 1 is 0.304 bits per heavy atom. The van der Waals surface area contributed by atoms with E-state index in [-0.39, 0.29) is 11.6 Å². The first-order valence-corrected chi connectivity index (χ1v) is 48.8. The Morgan fingerprint density at radius 3 is 1.01 bits per heavy atom. The molecule has 704 valence electrons. The molecule has 0 radical (unpaired) electrons. The number of hydrogen-bond donors (Lipinski definition) is 0. The number of likely N-dealkylation sites (N-methyl/N-ethyl adjacent to an activating group) is 4. The molecule has 23 rings (SSSR count). The third-order valence-electron chi connectivity index (χ3n) is 29.9. The van der Waals surface area contributed by atoms with Gasteiger partial charge in [-0.05, 0) is 239 Å². The Bertz CT molecular complexity index is 6720. The topological polar surface area (TPSA) is 208 Å². The summed E-state index contributed by atoms with van der Waals surface area (Å²) in [7, 11) is 10.6. The molecule has 8 aliphatic heterocycles. The smallest absolute Gasteiger partial charge is 0.162 e. The van der Waals surface area contributed by atoms with Crippen LogP contribution in [0.2, 0.25) is 0 Å². The fraction of sp³-hybridized carbons (Fsp3) is 0.457. The Labute approximate surface area is 790 Å². The highest BCUT2D eigenvalue weighted by atomic mass is 19.1. The molecule has 0 N–H and O–H groups in total. The second-order valence-electron chi connectivity index (χ2n) is 39.2. The maximum absolute atomic E-state index is 14.7. The van der Waals surface area contributed by atoms with E-state index in [4.69, 9.17) is 34.8 Å². The standard InChI is InChI=1S/C27H32FN7.C27H33N7.C26H30FN7.C25H34N6O/c1-18-12-23-22(14-19(2)31-26(23)25(28)13-18)24-16-30-35-17-21(15-29-27(24)35)33-6-4-20(5-7-33)34-10-8-32(3)9-11-34;1-19-4-5-26-24(14-19)23(15-20(2)30-26)25-17-29-34-18-22(16-28-27(25)34)32-8-6-21(7-9-32)33-12-10-31(3)11-13-33;1-18-13-22-21(3-6-28-25(22)24(27)14-18)23-16-30-34-17-20(15-29-26(23)34)32-7-4-19(5-8-32)33-11-9-31(2)10-12-33;1-18-13-20(14-19(2)24(18)32-4)23-16-27-31-17-22(15-26-25(23)31)29-7-5-21(6-8-29)30-11-9-28(3)10-12-30/h12-17,20H,4-11H2,1-3H3;4-5,14-18,21H,6-13H2,1-3H3;3,6,13-17,19H,4-5,7-12H2,1-2H3;13-17,21H,5-12H2,1-4H3. The predicted octanol–water partition coefficient (Wildman–Crippen LogP) is 14.5. The summed E-state index contributed by atoms with van der Waals surface area (Å²) in [6, 6.07) is 26.6. The predicted molar refractivity (Wildman–Crippen MR) is 536 cm³/mol. The zero-order valence-electron chi connectivity index (χ0n) is 80.6. The molecule has 8 aliphatic rings. The highest BCUT2D eigenvalue weighted by Gasteiger charge is 2.34. The monoisotopic (exact) mass is 1820 g/mol. The van der Waals surface area contributed by atoms with E-state index in [1.807, 2.05) is 120 Å². The molecule has 0 aliphatic carbocycles. The van der Waals surface area contributed by atoms with E-state index in [0.717, 1.165) is 209 Å². The Hall–Kier alpha value is -11.9. The van der Waals surface area contributed by atoms with E-state index < -0.39 is 0 Å². The number of anilines is 4. The molecule has 0 spiro atoms. The molecule has 0 atom stereocenters. The maximum Gasteiger partial charge on any atom is 0.162 e. The van der Waals surface area contributed by atoms with Crippen LogP contribution in [0.1, 0.15) is 90.6 Å². The lowest BCUT2D eigenvalue weighted by Crippen LogP contribution is -2.52. The number of aromatic nitrogens is 15. The summed E-state index contributed by atoms with van der Waals surface area (Å²) in [4.78, 5) is 62.9. The number of rotatable bonds is 13. The van der Waals surface area contributed by atoms with Crippen LogP contribution in [-0.2, 0) is 0 Å². The van der Waals surface area contributed by atoms with Gasteiger partial charge in [-0.2, -0.15) is 20.4 Å². The summed E-state index contributed by atoms with van der Waals surface area (Å²) in [5.41, 5.74) is 24.6. The van der Waals surface area contributed by atoms with Gasteiger partial charge in [-0.15, -0.1) is 0 Å². The molecule has 8 fully saturated rings. The zero-order chi connectivity index (χ0) is 92.8. The van der Waals surface area contributed by atoms with Crippen LogP contribution in [0.25, 0.3) is 99.8 Å². The minimum atomic E-state index is -0.302. The van der Waals surface area contributed by atoms with Gasteiger partial charge in [-0.1, -0.05) is 11.6 Å². The average Bonchev–Trinajstić information content (AvgIpc) is 1.58. The molecule has 0 unspecified atom stereocenters. The number of nitrogens with zero attached hydrogens (tertiary/aromatic N) is 27. The lowest BCUT2D eigenvalue weighted by molar-refractivity contribution is 0.0982. The molecule has 19 heterocycles. The van der Waals surface area contributed by atoms with E-state index in [2.05, 4.69) is 194 Å². The average molecular weight is 1820 g/mol. The van der Waals surface area contributed by atoms with Gasteiger partial charge in [0.25, 0.3) is 0 Å². The van der Waals surface area contributed by atoms with Crippen LogP contribution in [0.3, 0.4) is 0 Å². The van der Waals surface area contributed by atoms with Gasteiger partial charge in [-0.3, -0.25) is 34.6 Å². The van der Waals surface area contributed by atoms with Gasteiger partial charge in [0.15, 0.2) is 22.6 Å². The summed E-state index contributed by atoms with van der Waals surface area (Å²) in [5.74, 6) is 0.348. The lowest BCUT2D eigenvalue weighted by Gasteiger charge is -2.42. The van der Waals surface area contributed by atoms with Crippen molar-refractivity contribution in [1.82, 2.24) is 113 Å². The van der Waals surface area contributed by atoms with Crippen molar-refractivity contribution in [3.63, 3.8) is 0 Å². The van der Waals surface area contributed by atoms with E-state index in [9.17, 15) is 8.78 Å². The molecule has 8 saturated heterocycles. The fourth-order valence-electron chi connectivity index (χ4n) is 22.1. The van der Waals surface area contributed by atoms with Crippen LogP contribution in [0.4, 0.5) is 31.5 Å². The molecule has 11 aromatic heterocycles. The number of halogens is 2. The molecule has 30 heteroatoms. The van der Waals surface area contributed by atoms with Crippen molar-refractivity contribution in [2.24, 2.45) is 0 Å². The third-order valence-corrected chi connectivity index (χ3v) is 29.9. The van der Waals surface area contributed by atoms with Gasteiger partial charge in [0.05, 0.1) is 110 Å². The van der Waals surface area contributed by atoms with Gasteiger partial charge >= 0.3 is 0 Å². The summed E-state index contributed by atoms with van der Waals surface area (Å²) < 4.78 is 42.2. The lowest BCUT2D eigenvalue weighted by atomic mass is 10.0. The minimum Gasteiger partial charge on any atom is -0.496 e. The van der Waals surface area contributed by atoms with Gasteiger partial charge in [-0.25, -0.2) is 46.8 Å². The van der Waals surface area contributed by atoms with Crippen molar-refractivity contribution in [2.45, 2.75) is 124 Å². The summed E-state index contributed by atoms with van der Waals surface area (Å²) in [6.07, 6.45) is 35.1. The number of ether oxygens (including phenoxy) is 1. The summed E-state index contributed by atoms with van der Waals surface area (Å²) in [5, 5.41) is 21.3. The number of aryl methyl sites for hydroxylation is 7. The Morgan fingerprint density at radius 2 is 0.630 bits per heavy atom. The minimum absolute atomic E-state index is 0.295. The molecule has 28 nitrogen and oxygen atoms in total. The van der Waals surface area contributed by atoms with Gasteiger partial charge < -0.3 is 43.9 Å². The molecule has 4 aromatic carbocycles. The zero-order valence-corrected chi connectivity index (χ0v) is 80.6. The van der Waals surface area contributed by atoms with E-state index in [1.54, 1.807) is 13.3 Å². The van der Waals surface area contributed by atoms with Crippen LogP contribution < -0.4 is 24.3 Å². The first kappa shape index (κ1) is 90.9. The number of fused-ring (bicyclic) bond motifs is 7. The molecule has 0 amide bonds. The first-order valence-electron chi connectivity index (χ1n) is 48.8. The second-order valence-corrected chi connectivity index (χ2v) is 39.2. The van der Waals surface area contributed by atoms with Crippen LogP contribution in [-0.4, -0.2) is 329 Å². The highest BCUT2D eigenvalue weighted by molar-refractivity contribution is 6.01. The van der Waals surface area contributed by atoms with Crippen LogP contribution >= 0.6 is 0 Å². The van der Waals surface area contributed by atoms with E-state index in [0.29, 0.717) is 29.2 Å². The SMILES string of the molecule is COc1c(C)cc(-c2cnn3cc(N4CCC(N5CCN(C)CC5)CC4)cnc23)cc1C.Cc1cc(F)c2nc(C)cc(-c3cnn4cc(N5CCC(N6CCN(C)CC6)CC5)cnc34)c2c1.Cc1cc(F)c2nccc(-c3cnn4cc(N5CCC(N6CCN(C)CC6)CC5)cnc34)c2c1.Cc1ccc2nc(C)cc(-c3cnn4cc(N5CCC(N6CCN(C)CC6)CC5)cnc34)c2c1. The normalized spacial score (nSPS) is 18.9. The van der Waals surface area contributed by atoms with E-state index >= 15 is 0 Å². The Balaban J connectivity index is 0.000000112. The van der Waals surface area contributed by atoms with Crippen molar-refractivity contribution in [3.8, 4) is 50.3 Å². The molecular weight excluding hydrogens is 1690 g/mol. The molecule has 15 aromatic rings. The number of methoxy groups -OCH3 is 1. The summed E-state index contributed by atoms with van der Waals surface area (Å²) in [6.45, 7) is 41.4. The number of hydrogen-bond acceptors (Lipinski definition) is 24. The number of benzene rings is 4. The molecule has 135 heavy (non-hydrogen) atoms. The quantitative estimate of drug-likeness (QED) is 0.105. The second kappa shape index (κ2) is 39.4. The summed E-state index contributed by atoms with van der Waals surface area (Å²) >= 11 is 0. The maximum atomic E-state index is 14.7. The first-order chi connectivity index (χ1) is 65.6. The molecule has 0 saturated carbocycles. The van der Waals surface area contributed by atoms with Crippen molar-refractivity contribution in [2.75, 3.05) is 212 Å². The third kappa shape index (κ3) is 19.4. The van der Waals surface area contributed by atoms with Crippen LogP contribution in [0.5, 0.6) is 5.75 Å². The van der Waals surface area contributed by atoms with Crippen LogP contribution in [0.15, 0.2) is 153 Å². The largest absolute Gasteiger partial charge is 0.496 e. The fourth-order valence-corrected chi connectivity index (χ4v) is 22.1. The number of piperazine rings is 4. The Kier molecular flexibility index (Phi) is 26.6. The molecule has 0 bridgehead atoms. The number of pyridine rings is 3. The van der Waals surface area contributed by atoms with Crippen LogP contribution in [0, 0.1) is 60.1 Å². The van der Waals surface area contributed by atoms with E-state index in [1.165, 1.54) is 174 Å². The number of piperidine rings is 4. The van der Waals surface area contributed by atoms with Crippen molar-refractivity contribution in [1.29, 1.82) is 0 Å². The van der Waals surface area contributed by atoms with Gasteiger partial charge in [0, 0.05) is 237 Å². The van der Waals surface area contributed by atoms with Gasteiger partial charge in [0.1, 0.15) is 28.4 Å². The molecular formula is C105H129F2N27O. The van der Waals surface area contributed by atoms with Crippen molar-refractivity contribution in [3.05, 3.63) is 204 Å². The van der Waals surface area contributed by atoms with Gasteiger partial charge in [0.2, 0.25) is 0 Å². The van der Waals surface area contributed by atoms with Crippen molar-refractivity contribution < 1.29 is 13.5 Å².